The molecule has 0 fully saturated rings. The van der Waals surface area contributed by atoms with Crippen LogP contribution >= 0.6 is 0 Å². The third kappa shape index (κ3) is 3.56. The van der Waals surface area contributed by atoms with Crippen molar-refractivity contribution >= 4 is 11.9 Å². The predicted octanol–water partition coefficient (Wildman–Crippen LogP) is 1.66. The molecule has 0 bridgehead atoms. The van der Waals surface area contributed by atoms with Gasteiger partial charge >= 0.3 is 6.09 Å². The van der Waals surface area contributed by atoms with Gasteiger partial charge in [-0.05, 0) is 5.56 Å². The van der Waals surface area contributed by atoms with Crippen molar-refractivity contribution in [2.24, 2.45) is 7.05 Å². The number of ether oxygens (including phenoxy) is 1. The van der Waals surface area contributed by atoms with Gasteiger partial charge in [-0.15, -0.1) is 0 Å². The van der Waals surface area contributed by atoms with Crippen LogP contribution in [0.1, 0.15) is 11.3 Å². The van der Waals surface area contributed by atoms with E-state index in [1.807, 2.05) is 30.3 Å². The van der Waals surface area contributed by atoms with Gasteiger partial charge in [-0.1, -0.05) is 30.3 Å². The molecule has 1 aromatic heterocycles. The van der Waals surface area contributed by atoms with Crippen LogP contribution in [-0.2, 0) is 25.0 Å². The van der Waals surface area contributed by atoms with E-state index >= 15 is 0 Å². The number of carbonyl (C=O) groups excluding carboxylic acids is 1. The van der Waals surface area contributed by atoms with Crippen molar-refractivity contribution in [3.05, 3.63) is 47.7 Å². The van der Waals surface area contributed by atoms with Crippen LogP contribution in [0.15, 0.2) is 36.4 Å². The predicted molar refractivity (Wildman–Crippen MR) is 69.4 cm³/mol. The highest BCUT2D eigenvalue weighted by atomic mass is 16.5. The number of nitrogens with one attached hydrogen (secondary N) is 1. The summed E-state index contributed by atoms with van der Waals surface area (Å²) in [4.78, 5) is 11.6. The Balaban J connectivity index is 1.89. The first-order valence-corrected chi connectivity index (χ1v) is 5.80. The monoisotopic (exact) mass is 261 g/mol. The van der Waals surface area contributed by atoms with E-state index in [1.54, 1.807) is 13.1 Å². The van der Waals surface area contributed by atoms with Crippen molar-refractivity contribution in [1.82, 2.24) is 9.78 Å². The molecule has 0 aliphatic carbocycles. The zero-order valence-corrected chi connectivity index (χ0v) is 10.5. The molecular weight excluding hydrogens is 246 g/mol. The van der Waals surface area contributed by atoms with E-state index in [1.165, 1.54) is 4.68 Å². The van der Waals surface area contributed by atoms with E-state index < -0.39 is 6.09 Å². The minimum atomic E-state index is -0.559. The van der Waals surface area contributed by atoms with Crippen molar-refractivity contribution in [2.45, 2.75) is 13.2 Å². The number of benzene rings is 1. The summed E-state index contributed by atoms with van der Waals surface area (Å²) in [6.45, 7) is 0.0337. The molecule has 0 saturated carbocycles. The van der Waals surface area contributed by atoms with Crippen LogP contribution in [0, 0.1) is 0 Å². The number of aromatic nitrogens is 2. The summed E-state index contributed by atoms with van der Waals surface area (Å²) in [5.74, 6) is 0.474. The van der Waals surface area contributed by atoms with E-state index in [4.69, 9.17) is 9.84 Å². The van der Waals surface area contributed by atoms with Crippen LogP contribution in [0.2, 0.25) is 0 Å². The fraction of sp³-hybridized carbons (Fsp3) is 0.231. The third-order valence-corrected chi connectivity index (χ3v) is 2.54. The average Bonchev–Trinajstić information content (AvgIpc) is 2.78. The molecule has 0 radical (unpaired) electrons. The lowest BCUT2D eigenvalue weighted by Gasteiger charge is -2.06. The van der Waals surface area contributed by atoms with Gasteiger partial charge < -0.3 is 9.84 Å². The van der Waals surface area contributed by atoms with Gasteiger partial charge in [0.2, 0.25) is 0 Å². The quantitative estimate of drug-likeness (QED) is 0.877. The maximum Gasteiger partial charge on any atom is 0.413 e. The number of carbonyl (C=O) groups is 1. The molecule has 2 rings (SSSR count). The number of rotatable bonds is 4. The summed E-state index contributed by atoms with van der Waals surface area (Å²) in [6, 6.07) is 11.0. The van der Waals surface area contributed by atoms with Crippen molar-refractivity contribution in [1.29, 1.82) is 0 Å². The molecule has 6 nitrogen and oxygen atoms in total. The first-order chi connectivity index (χ1) is 9.19. The molecule has 0 unspecified atom stereocenters. The number of anilines is 1. The van der Waals surface area contributed by atoms with E-state index in [0.717, 1.165) is 5.56 Å². The highest BCUT2D eigenvalue weighted by Crippen LogP contribution is 2.10. The maximum atomic E-state index is 11.6. The lowest BCUT2D eigenvalue weighted by atomic mass is 10.2. The molecule has 0 saturated heterocycles. The molecule has 0 spiro atoms. The molecule has 1 aromatic carbocycles. The molecule has 6 heteroatoms. The second-order valence-corrected chi connectivity index (χ2v) is 3.99. The topological polar surface area (TPSA) is 76.4 Å². The lowest BCUT2D eigenvalue weighted by Crippen LogP contribution is -2.15. The molecule has 2 aromatic rings. The van der Waals surface area contributed by atoms with Crippen molar-refractivity contribution < 1.29 is 14.6 Å². The largest absolute Gasteiger partial charge is 0.444 e. The molecular formula is C13H15N3O3. The summed E-state index contributed by atoms with van der Waals surface area (Å²) in [5.41, 5.74) is 1.40. The van der Waals surface area contributed by atoms with E-state index in [-0.39, 0.29) is 13.2 Å². The van der Waals surface area contributed by atoms with Gasteiger partial charge in [-0.2, -0.15) is 5.10 Å². The highest BCUT2D eigenvalue weighted by molar-refractivity contribution is 5.83. The molecule has 0 aliphatic rings. The number of aliphatic hydroxyl groups excluding tert-OH is 1. The first kappa shape index (κ1) is 13.1. The SMILES string of the molecule is Cn1nc(CO)cc1NC(=O)OCc1ccccc1. The van der Waals surface area contributed by atoms with Gasteiger partial charge in [0, 0.05) is 13.1 Å². The Hall–Kier alpha value is -2.34. The summed E-state index contributed by atoms with van der Waals surface area (Å²) in [6.07, 6.45) is -0.559. The molecule has 1 amide bonds. The Morgan fingerprint density at radius 3 is 2.79 bits per heavy atom. The lowest BCUT2D eigenvalue weighted by molar-refractivity contribution is 0.155. The van der Waals surface area contributed by atoms with Gasteiger partial charge in [0.1, 0.15) is 12.4 Å². The standard InChI is InChI=1S/C13H15N3O3/c1-16-12(7-11(8-17)15-16)14-13(18)19-9-10-5-3-2-4-6-10/h2-7,17H,8-9H2,1H3,(H,14,18). The van der Waals surface area contributed by atoms with E-state index in [2.05, 4.69) is 10.4 Å². The molecule has 0 atom stereocenters. The molecule has 19 heavy (non-hydrogen) atoms. The van der Waals surface area contributed by atoms with Gasteiger partial charge in [-0.25, -0.2) is 4.79 Å². The normalized spacial score (nSPS) is 10.2. The second kappa shape index (κ2) is 6.01. The maximum absolute atomic E-state index is 11.6. The van der Waals surface area contributed by atoms with Crippen LogP contribution in [0.4, 0.5) is 10.6 Å². The fourth-order valence-electron chi connectivity index (χ4n) is 1.58. The Labute approximate surface area is 110 Å². The van der Waals surface area contributed by atoms with Crippen LogP contribution in [0.5, 0.6) is 0 Å². The van der Waals surface area contributed by atoms with Crippen LogP contribution in [-0.4, -0.2) is 21.0 Å². The van der Waals surface area contributed by atoms with Gasteiger partial charge in [0.25, 0.3) is 0 Å². The zero-order valence-electron chi connectivity index (χ0n) is 10.5. The smallest absolute Gasteiger partial charge is 0.413 e. The Bertz CT molecular complexity index is 552. The molecule has 0 aliphatic heterocycles. The zero-order chi connectivity index (χ0) is 13.7. The van der Waals surface area contributed by atoms with Crippen molar-refractivity contribution in [2.75, 3.05) is 5.32 Å². The molecule has 2 N–H and O–H groups in total. The number of aliphatic hydroxyl groups is 1. The first-order valence-electron chi connectivity index (χ1n) is 5.80. The molecule has 100 valence electrons. The highest BCUT2D eigenvalue weighted by Gasteiger charge is 2.09. The third-order valence-electron chi connectivity index (χ3n) is 2.54. The summed E-state index contributed by atoms with van der Waals surface area (Å²) in [7, 11) is 1.67. The Morgan fingerprint density at radius 2 is 2.16 bits per heavy atom. The molecule has 1 heterocycles. The fourth-order valence-corrected chi connectivity index (χ4v) is 1.58. The van der Waals surface area contributed by atoms with Gasteiger partial charge in [-0.3, -0.25) is 10.00 Å². The number of hydrogen-bond acceptors (Lipinski definition) is 4. The Kier molecular flexibility index (Phi) is 4.15. The van der Waals surface area contributed by atoms with Crippen LogP contribution in [0.3, 0.4) is 0 Å². The van der Waals surface area contributed by atoms with Crippen molar-refractivity contribution in [3.63, 3.8) is 0 Å². The van der Waals surface area contributed by atoms with E-state index in [9.17, 15) is 4.79 Å². The average molecular weight is 261 g/mol. The summed E-state index contributed by atoms with van der Waals surface area (Å²) >= 11 is 0. The minimum Gasteiger partial charge on any atom is -0.444 e. The van der Waals surface area contributed by atoms with Gasteiger partial charge in [0.15, 0.2) is 0 Å². The minimum absolute atomic E-state index is 0.172. The van der Waals surface area contributed by atoms with Crippen molar-refractivity contribution in [3.8, 4) is 0 Å². The Morgan fingerprint density at radius 1 is 1.42 bits per heavy atom. The second-order valence-electron chi connectivity index (χ2n) is 3.99. The summed E-state index contributed by atoms with van der Waals surface area (Å²) in [5, 5.41) is 15.5. The van der Waals surface area contributed by atoms with Gasteiger partial charge in [0.05, 0.1) is 12.3 Å². The number of amides is 1. The van der Waals surface area contributed by atoms with Crippen LogP contribution < -0.4 is 5.32 Å². The van der Waals surface area contributed by atoms with Crippen LogP contribution in [0.25, 0.3) is 0 Å². The number of aryl methyl sites for hydroxylation is 1. The number of hydrogen-bond donors (Lipinski definition) is 2. The van der Waals surface area contributed by atoms with E-state index in [0.29, 0.717) is 11.5 Å². The summed E-state index contributed by atoms with van der Waals surface area (Å²) < 4.78 is 6.54. The number of nitrogens with zero attached hydrogens (tertiary/aromatic N) is 2.